The van der Waals surface area contributed by atoms with E-state index in [2.05, 4.69) is 10.1 Å². The Balaban J connectivity index is 1.70. The zero-order valence-corrected chi connectivity index (χ0v) is 11.7. The molecule has 1 aromatic carbocycles. The third-order valence-electron chi connectivity index (χ3n) is 3.47. The van der Waals surface area contributed by atoms with Crippen molar-refractivity contribution in [2.75, 3.05) is 20.3 Å². The van der Waals surface area contributed by atoms with E-state index in [1.807, 2.05) is 24.3 Å². The number of hydrogen-bond donors (Lipinski definition) is 0. The lowest BCUT2D eigenvalue weighted by Gasteiger charge is -2.17. The summed E-state index contributed by atoms with van der Waals surface area (Å²) in [5.41, 5.74) is 1.05. The van der Waals surface area contributed by atoms with E-state index in [4.69, 9.17) is 14.0 Å². The molecule has 1 fully saturated rings. The first-order valence-electron chi connectivity index (χ1n) is 6.82. The summed E-state index contributed by atoms with van der Waals surface area (Å²) in [5, 5.41) is 3.94. The van der Waals surface area contributed by atoms with Crippen LogP contribution >= 0.6 is 0 Å². The fraction of sp³-hybridized carbons (Fsp3) is 0.400. The summed E-state index contributed by atoms with van der Waals surface area (Å²) in [5.74, 6) is 1.39. The van der Waals surface area contributed by atoms with Gasteiger partial charge in [0.15, 0.2) is 5.82 Å². The Bertz CT molecular complexity index is 621. The van der Waals surface area contributed by atoms with Crippen LogP contribution in [0.25, 0.3) is 0 Å². The van der Waals surface area contributed by atoms with Crippen LogP contribution in [0.15, 0.2) is 28.8 Å². The number of rotatable bonds is 4. The molecule has 1 aliphatic rings. The molecule has 0 bridgehead atoms. The van der Waals surface area contributed by atoms with Crippen molar-refractivity contribution in [3.63, 3.8) is 0 Å². The first-order valence-corrected chi connectivity index (χ1v) is 6.82. The third kappa shape index (κ3) is 3.11. The molecule has 0 N–H and O–H groups in total. The Hall–Kier alpha value is -2.21. The SMILES string of the molecule is COc1ccc(Cc2noc(C3COCCC3=O)n2)cc1. The van der Waals surface area contributed by atoms with Gasteiger partial charge in [0, 0.05) is 12.8 Å². The smallest absolute Gasteiger partial charge is 0.239 e. The van der Waals surface area contributed by atoms with Crippen LogP contribution in [0.3, 0.4) is 0 Å². The summed E-state index contributed by atoms with van der Waals surface area (Å²) >= 11 is 0. The highest BCUT2D eigenvalue weighted by atomic mass is 16.5. The van der Waals surface area contributed by atoms with Gasteiger partial charge in [-0.15, -0.1) is 0 Å². The average Bonchev–Trinajstić information content (AvgIpc) is 2.97. The lowest BCUT2D eigenvalue weighted by molar-refractivity contribution is -0.127. The number of methoxy groups -OCH3 is 1. The largest absolute Gasteiger partial charge is 0.497 e. The van der Waals surface area contributed by atoms with Crippen molar-refractivity contribution in [3.05, 3.63) is 41.5 Å². The molecule has 1 atom stereocenters. The highest BCUT2D eigenvalue weighted by Gasteiger charge is 2.29. The first-order chi connectivity index (χ1) is 10.3. The van der Waals surface area contributed by atoms with E-state index in [0.717, 1.165) is 11.3 Å². The number of nitrogens with zero attached hydrogens (tertiary/aromatic N) is 2. The van der Waals surface area contributed by atoms with E-state index in [0.29, 0.717) is 37.8 Å². The molecule has 0 amide bonds. The zero-order chi connectivity index (χ0) is 14.7. The minimum atomic E-state index is -0.420. The normalized spacial score (nSPS) is 18.7. The lowest BCUT2D eigenvalue weighted by Crippen LogP contribution is -2.25. The van der Waals surface area contributed by atoms with Gasteiger partial charge in [0.2, 0.25) is 5.89 Å². The van der Waals surface area contributed by atoms with Gasteiger partial charge in [-0.25, -0.2) is 0 Å². The topological polar surface area (TPSA) is 74.5 Å². The van der Waals surface area contributed by atoms with Crippen molar-refractivity contribution in [2.24, 2.45) is 0 Å². The minimum Gasteiger partial charge on any atom is -0.497 e. The van der Waals surface area contributed by atoms with Crippen molar-refractivity contribution in [3.8, 4) is 5.75 Å². The van der Waals surface area contributed by atoms with Crippen molar-refractivity contribution in [1.82, 2.24) is 10.1 Å². The molecule has 0 radical (unpaired) electrons. The van der Waals surface area contributed by atoms with Gasteiger partial charge < -0.3 is 14.0 Å². The van der Waals surface area contributed by atoms with Gasteiger partial charge in [0.05, 0.1) is 20.3 Å². The number of hydrogen-bond acceptors (Lipinski definition) is 6. The van der Waals surface area contributed by atoms with Crippen LogP contribution in [-0.4, -0.2) is 36.2 Å². The van der Waals surface area contributed by atoms with Gasteiger partial charge in [-0.05, 0) is 17.7 Å². The van der Waals surface area contributed by atoms with Gasteiger partial charge >= 0.3 is 0 Å². The molecule has 1 aliphatic heterocycles. The zero-order valence-electron chi connectivity index (χ0n) is 11.7. The molecular weight excluding hydrogens is 272 g/mol. The molecule has 6 nitrogen and oxygen atoms in total. The van der Waals surface area contributed by atoms with Crippen molar-refractivity contribution in [2.45, 2.75) is 18.8 Å². The molecular formula is C15H16N2O4. The van der Waals surface area contributed by atoms with Crippen LogP contribution in [-0.2, 0) is 16.0 Å². The van der Waals surface area contributed by atoms with E-state index < -0.39 is 5.92 Å². The van der Waals surface area contributed by atoms with Crippen molar-refractivity contribution in [1.29, 1.82) is 0 Å². The molecule has 2 heterocycles. The van der Waals surface area contributed by atoms with Gasteiger partial charge in [0.1, 0.15) is 17.5 Å². The highest BCUT2D eigenvalue weighted by molar-refractivity contribution is 5.85. The van der Waals surface area contributed by atoms with E-state index in [9.17, 15) is 4.79 Å². The van der Waals surface area contributed by atoms with Crippen LogP contribution in [0.1, 0.15) is 29.6 Å². The molecule has 1 aromatic heterocycles. The Morgan fingerprint density at radius 3 is 2.86 bits per heavy atom. The fourth-order valence-electron chi connectivity index (χ4n) is 2.26. The molecule has 0 saturated carbocycles. The van der Waals surface area contributed by atoms with Crippen LogP contribution in [0.2, 0.25) is 0 Å². The van der Waals surface area contributed by atoms with Gasteiger partial charge in [-0.3, -0.25) is 4.79 Å². The third-order valence-corrected chi connectivity index (χ3v) is 3.47. The number of ketones is 1. The Morgan fingerprint density at radius 2 is 2.14 bits per heavy atom. The minimum absolute atomic E-state index is 0.0981. The van der Waals surface area contributed by atoms with Gasteiger partial charge in [0.25, 0.3) is 0 Å². The molecule has 0 spiro atoms. The van der Waals surface area contributed by atoms with E-state index >= 15 is 0 Å². The Kier molecular flexibility index (Phi) is 3.96. The average molecular weight is 288 g/mol. The molecule has 3 rings (SSSR count). The maximum absolute atomic E-state index is 11.8. The van der Waals surface area contributed by atoms with Crippen LogP contribution in [0.4, 0.5) is 0 Å². The van der Waals surface area contributed by atoms with Crippen LogP contribution in [0, 0.1) is 0 Å². The first kappa shape index (κ1) is 13.8. The molecule has 6 heteroatoms. The molecule has 1 saturated heterocycles. The summed E-state index contributed by atoms with van der Waals surface area (Å²) in [6.45, 7) is 0.797. The summed E-state index contributed by atoms with van der Waals surface area (Å²) in [6, 6.07) is 7.66. The monoisotopic (exact) mass is 288 g/mol. The molecule has 2 aromatic rings. The lowest BCUT2D eigenvalue weighted by atomic mass is 10.0. The summed E-state index contributed by atoms with van der Waals surface area (Å²) in [6.07, 6.45) is 0.954. The fourth-order valence-corrected chi connectivity index (χ4v) is 2.26. The second-order valence-corrected chi connectivity index (χ2v) is 4.92. The molecule has 1 unspecified atom stereocenters. The van der Waals surface area contributed by atoms with E-state index in [1.54, 1.807) is 7.11 Å². The number of carbonyl (C=O) groups excluding carboxylic acids is 1. The standard InChI is InChI=1S/C15H16N2O4/c1-19-11-4-2-10(3-5-11)8-14-16-15(21-17-14)12-9-20-7-6-13(12)18/h2-5,12H,6-9H2,1H3. The second-order valence-electron chi connectivity index (χ2n) is 4.92. The van der Waals surface area contributed by atoms with E-state index in [-0.39, 0.29) is 5.78 Å². The van der Waals surface area contributed by atoms with Crippen molar-refractivity contribution < 1.29 is 18.8 Å². The Morgan fingerprint density at radius 1 is 1.33 bits per heavy atom. The van der Waals surface area contributed by atoms with Crippen LogP contribution in [0.5, 0.6) is 5.75 Å². The molecule has 21 heavy (non-hydrogen) atoms. The van der Waals surface area contributed by atoms with Crippen molar-refractivity contribution >= 4 is 5.78 Å². The van der Waals surface area contributed by atoms with Crippen LogP contribution < -0.4 is 4.74 Å². The predicted octanol–water partition coefficient (Wildman–Crippen LogP) is 1.74. The van der Waals surface area contributed by atoms with Gasteiger partial charge in [-0.2, -0.15) is 4.98 Å². The maximum Gasteiger partial charge on any atom is 0.239 e. The summed E-state index contributed by atoms with van der Waals surface area (Å²) < 4.78 is 15.6. The molecule has 110 valence electrons. The van der Waals surface area contributed by atoms with E-state index in [1.165, 1.54) is 0 Å². The van der Waals surface area contributed by atoms with Gasteiger partial charge in [-0.1, -0.05) is 17.3 Å². The number of aromatic nitrogens is 2. The summed E-state index contributed by atoms with van der Waals surface area (Å²) in [7, 11) is 1.63. The number of Topliss-reactive ketones (excluding diaryl/α,β-unsaturated/α-hetero) is 1. The number of benzene rings is 1. The predicted molar refractivity (Wildman–Crippen MR) is 73.3 cm³/mol. The summed E-state index contributed by atoms with van der Waals surface area (Å²) in [4.78, 5) is 16.1. The Labute approximate surface area is 122 Å². The highest BCUT2D eigenvalue weighted by Crippen LogP contribution is 2.21. The second kappa shape index (κ2) is 6.05. The molecule has 0 aliphatic carbocycles. The number of ether oxygens (including phenoxy) is 2. The number of carbonyl (C=O) groups is 1. The maximum atomic E-state index is 11.8. The quantitative estimate of drug-likeness (QED) is 0.853.